The summed E-state index contributed by atoms with van der Waals surface area (Å²) < 4.78 is 13.0. The fourth-order valence-electron chi connectivity index (χ4n) is 3.33. The van der Waals surface area contributed by atoms with E-state index in [2.05, 4.69) is 42.5 Å². The van der Waals surface area contributed by atoms with Crippen molar-refractivity contribution < 1.29 is 19.1 Å². The molecule has 3 rings (SSSR count). The third kappa shape index (κ3) is 7.32. The Hall–Kier alpha value is -2.06. The number of nitrogens with one attached hydrogen (secondary N) is 2. The Morgan fingerprint density at radius 3 is 1.47 bits per heavy atom. The van der Waals surface area contributed by atoms with Crippen LogP contribution in [0.1, 0.15) is 25.7 Å². The Bertz CT molecular complexity index is 772. The molecule has 0 spiro atoms. The van der Waals surface area contributed by atoms with E-state index in [4.69, 9.17) is 9.47 Å². The van der Waals surface area contributed by atoms with Gasteiger partial charge in [0.1, 0.15) is 11.5 Å². The number of ether oxygens (including phenoxy) is 2. The first kappa shape index (κ1) is 22.6. The van der Waals surface area contributed by atoms with Crippen LogP contribution < -0.4 is 20.1 Å². The topological polar surface area (TPSA) is 76.7 Å². The zero-order chi connectivity index (χ0) is 21.3. The Balaban J connectivity index is 1.45. The first-order valence-corrected chi connectivity index (χ1v) is 11.4. The molecule has 0 radical (unpaired) electrons. The van der Waals surface area contributed by atoms with Crippen molar-refractivity contribution in [2.45, 2.75) is 37.8 Å². The molecule has 1 aliphatic carbocycles. The summed E-state index contributed by atoms with van der Waals surface area (Å²) in [6.07, 6.45) is 3.67. The number of carbonyl (C=O) groups is 2. The normalized spacial score (nSPS) is 18.3. The number of amides is 2. The standard InChI is InChI=1S/C22H24Br2N2O4/c23-15-5-9-17(10-6-15)29-13-21(27)25-19-3-1-2-4-20(19)26-22(28)14-30-18-11-7-16(24)8-12-18/h5-12,19-20H,1-4,13-14H2,(H,25,27)(H,26,28)/t19-,20-/m0/s1. The van der Waals surface area contributed by atoms with Crippen molar-refractivity contribution in [3.63, 3.8) is 0 Å². The van der Waals surface area contributed by atoms with Crippen LogP contribution >= 0.6 is 31.9 Å². The number of rotatable bonds is 8. The molecule has 0 saturated heterocycles. The van der Waals surface area contributed by atoms with E-state index >= 15 is 0 Å². The first-order valence-electron chi connectivity index (χ1n) is 9.85. The fourth-order valence-corrected chi connectivity index (χ4v) is 3.86. The zero-order valence-corrected chi connectivity index (χ0v) is 19.6. The van der Waals surface area contributed by atoms with Crippen molar-refractivity contribution in [2.75, 3.05) is 13.2 Å². The number of benzene rings is 2. The van der Waals surface area contributed by atoms with E-state index in [1.54, 1.807) is 24.3 Å². The van der Waals surface area contributed by atoms with Gasteiger partial charge in [0.05, 0.1) is 0 Å². The summed E-state index contributed by atoms with van der Waals surface area (Å²) in [5, 5.41) is 6.00. The van der Waals surface area contributed by atoms with Crippen molar-refractivity contribution >= 4 is 43.7 Å². The molecule has 160 valence electrons. The second-order valence-corrected chi connectivity index (χ2v) is 8.95. The van der Waals surface area contributed by atoms with Gasteiger partial charge < -0.3 is 20.1 Å². The lowest BCUT2D eigenvalue weighted by atomic mass is 9.90. The van der Waals surface area contributed by atoms with Crippen molar-refractivity contribution in [3.05, 3.63) is 57.5 Å². The molecule has 2 N–H and O–H groups in total. The van der Waals surface area contributed by atoms with Crippen LogP contribution in [0.5, 0.6) is 11.5 Å². The van der Waals surface area contributed by atoms with Gasteiger partial charge in [-0.3, -0.25) is 9.59 Å². The lowest BCUT2D eigenvalue weighted by molar-refractivity contribution is -0.127. The van der Waals surface area contributed by atoms with Crippen molar-refractivity contribution in [3.8, 4) is 11.5 Å². The molecule has 1 saturated carbocycles. The molecule has 1 fully saturated rings. The predicted molar refractivity (Wildman–Crippen MR) is 122 cm³/mol. The van der Waals surface area contributed by atoms with Crippen molar-refractivity contribution in [2.24, 2.45) is 0 Å². The number of halogens is 2. The van der Waals surface area contributed by atoms with E-state index in [0.717, 1.165) is 34.6 Å². The third-order valence-electron chi connectivity index (χ3n) is 4.83. The number of carbonyl (C=O) groups excluding carboxylic acids is 2. The smallest absolute Gasteiger partial charge is 0.258 e. The predicted octanol–water partition coefficient (Wildman–Crippen LogP) is 4.21. The van der Waals surface area contributed by atoms with Crippen LogP contribution in [0.2, 0.25) is 0 Å². The molecule has 6 nitrogen and oxygen atoms in total. The highest BCUT2D eigenvalue weighted by atomic mass is 79.9. The fraction of sp³-hybridized carbons (Fsp3) is 0.364. The van der Waals surface area contributed by atoms with Gasteiger partial charge in [-0.15, -0.1) is 0 Å². The molecule has 30 heavy (non-hydrogen) atoms. The van der Waals surface area contributed by atoms with Gasteiger partial charge in [-0.1, -0.05) is 44.7 Å². The summed E-state index contributed by atoms with van der Waals surface area (Å²) in [7, 11) is 0. The summed E-state index contributed by atoms with van der Waals surface area (Å²) in [5.41, 5.74) is 0. The Labute approximate surface area is 193 Å². The minimum Gasteiger partial charge on any atom is -0.484 e. The zero-order valence-electron chi connectivity index (χ0n) is 16.4. The van der Waals surface area contributed by atoms with E-state index in [1.807, 2.05) is 24.3 Å². The maximum absolute atomic E-state index is 12.3. The molecule has 0 aromatic heterocycles. The molecule has 0 aliphatic heterocycles. The maximum atomic E-state index is 12.3. The summed E-state index contributed by atoms with van der Waals surface area (Å²) in [5.74, 6) is 0.865. The number of hydrogen-bond donors (Lipinski definition) is 2. The average Bonchev–Trinajstić information content (AvgIpc) is 2.74. The van der Waals surface area contributed by atoms with Gasteiger partial charge in [-0.2, -0.15) is 0 Å². The molecular weight excluding hydrogens is 516 g/mol. The summed E-state index contributed by atoms with van der Waals surface area (Å²) >= 11 is 6.73. The molecular formula is C22H24Br2N2O4. The highest BCUT2D eigenvalue weighted by Crippen LogP contribution is 2.20. The molecule has 0 unspecified atom stereocenters. The van der Waals surface area contributed by atoms with E-state index in [9.17, 15) is 9.59 Å². The Morgan fingerprint density at radius 2 is 1.10 bits per heavy atom. The van der Waals surface area contributed by atoms with Crippen LogP contribution in [0.25, 0.3) is 0 Å². The molecule has 2 amide bonds. The SMILES string of the molecule is O=C(COc1ccc(Br)cc1)N[C@H]1CCCC[C@@H]1NC(=O)COc1ccc(Br)cc1. The largest absolute Gasteiger partial charge is 0.484 e. The van der Waals surface area contributed by atoms with Crippen LogP contribution in [-0.2, 0) is 9.59 Å². The summed E-state index contributed by atoms with van der Waals surface area (Å²) in [4.78, 5) is 24.7. The second-order valence-electron chi connectivity index (χ2n) is 7.12. The maximum Gasteiger partial charge on any atom is 0.258 e. The molecule has 2 aromatic carbocycles. The van der Waals surface area contributed by atoms with Crippen molar-refractivity contribution in [1.82, 2.24) is 10.6 Å². The van der Waals surface area contributed by atoms with Gasteiger partial charge in [-0.25, -0.2) is 0 Å². The highest BCUT2D eigenvalue weighted by molar-refractivity contribution is 9.10. The van der Waals surface area contributed by atoms with E-state index in [1.165, 1.54) is 0 Å². The van der Waals surface area contributed by atoms with E-state index in [0.29, 0.717) is 11.5 Å². The first-order chi connectivity index (χ1) is 14.5. The molecule has 1 aliphatic rings. The van der Waals surface area contributed by atoms with E-state index in [-0.39, 0.29) is 37.1 Å². The van der Waals surface area contributed by atoms with Crippen LogP contribution in [0.4, 0.5) is 0 Å². The van der Waals surface area contributed by atoms with Gasteiger partial charge in [-0.05, 0) is 61.4 Å². The van der Waals surface area contributed by atoms with Crippen LogP contribution in [0.15, 0.2) is 57.5 Å². The monoisotopic (exact) mass is 538 g/mol. The number of hydrogen-bond acceptors (Lipinski definition) is 4. The van der Waals surface area contributed by atoms with Gasteiger partial charge in [0.15, 0.2) is 13.2 Å². The van der Waals surface area contributed by atoms with Crippen LogP contribution in [0.3, 0.4) is 0 Å². The minimum absolute atomic E-state index is 0.0640. The minimum atomic E-state index is -0.199. The third-order valence-corrected chi connectivity index (χ3v) is 5.88. The van der Waals surface area contributed by atoms with Crippen LogP contribution in [0, 0.1) is 0 Å². The summed E-state index contributed by atoms with van der Waals surface area (Å²) in [6.45, 7) is -0.128. The lowest BCUT2D eigenvalue weighted by Gasteiger charge is -2.32. The average molecular weight is 540 g/mol. The van der Waals surface area contributed by atoms with Crippen molar-refractivity contribution in [1.29, 1.82) is 0 Å². The van der Waals surface area contributed by atoms with Gasteiger partial charge in [0, 0.05) is 21.0 Å². The highest BCUT2D eigenvalue weighted by Gasteiger charge is 2.28. The molecule has 2 atom stereocenters. The summed E-state index contributed by atoms with van der Waals surface area (Å²) in [6, 6.07) is 14.4. The Kier molecular flexibility index (Phi) is 8.57. The van der Waals surface area contributed by atoms with Gasteiger partial charge >= 0.3 is 0 Å². The van der Waals surface area contributed by atoms with Gasteiger partial charge in [0.25, 0.3) is 11.8 Å². The quantitative estimate of drug-likeness (QED) is 0.526. The Morgan fingerprint density at radius 1 is 0.733 bits per heavy atom. The molecule has 0 bridgehead atoms. The van der Waals surface area contributed by atoms with Gasteiger partial charge in [0.2, 0.25) is 0 Å². The molecule has 8 heteroatoms. The van der Waals surface area contributed by atoms with Crippen LogP contribution in [-0.4, -0.2) is 37.1 Å². The molecule has 0 heterocycles. The van der Waals surface area contributed by atoms with E-state index < -0.39 is 0 Å². The molecule has 2 aromatic rings. The lowest BCUT2D eigenvalue weighted by Crippen LogP contribution is -2.54. The second kappa shape index (κ2) is 11.4.